The first-order chi connectivity index (χ1) is 10.5. The summed E-state index contributed by atoms with van der Waals surface area (Å²) < 4.78 is 28.4. The lowest BCUT2D eigenvalue weighted by molar-refractivity contribution is -0.170. The van der Waals surface area contributed by atoms with Crippen LogP contribution in [-0.2, 0) is 11.3 Å². The predicted octanol–water partition coefficient (Wildman–Crippen LogP) is 3.52. The smallest absolute Gasteiger partial charge is 0.262 e. The molecule has 0 bridgehead atoms. The van der Waals surface area contributed by atoms with E-state index in [1.54, 1.807) is 6.07 Å². The Labute approximate surface area is 137 Å². The maximum Gasteiger partial charge on any atom is 0.262 e. The van der Waals surface area contributed by atoms with Gasteiger partial charge in [-0.1, -0.05) is 6.07 Å². The standard InChI is InChI=1S/C14H11BrF2N2O2S/c15-8-4-12(22-7-8)14-18(6-13(20)19(14)21)5-9-10(16)2-1-3-11(9)17/h1-4,7,14,21H,5-6H2. The van der Waals surface area contributed by atoms with Gasteiger partial charge in [0.25, 0.3) is 5.91 Å². The maximum atomic E-state index is 13.8. The van der Waals surface area contributed by atoms with E-state index in [0.717, 1.165) is 4.47 Å². The second-order valence-electron chi connectivity index (χ2n) is 4.88. The summed E-state index contributed by atoms with van der Waals surface area (Å²) in [6.07, 6.45) is -0.747. The summed E-state index contributed by atoms with van der Waals surface area (Å²) in [5.74, 6) is -1.85. The molecule has 22 heavy (non-hydrogen) atoms. The molecular weight excluding hydrogens is 378 g/mol. The fraction of sp³-hybridized carbons (Fsp3) is 0.214. The Morgan fingerprint density at radius 3 is 2.64 bits per heavy atom. The molecule has 116 valence electrons. The van der Waals surface area contributed by atoms with Crippen LogP contribution in [-0.4, -0.2) is 27.6 Å². The molecule has 3 rings (SSSR count). The molecule has 0 saturated carbocycles. The van der Waals surface area contributed by atoms with Gasteiger partial charge in [0.2, 0.25) is 0 Å². The Morgan fingerprint density at radius 2 is 2.05 bits per heavy atom. The number of carbonyl (C=O) groups excluding carboxylic acids is 1. The maximum absolute atomic E-state index is 13.8. The van der Waals surface area contributed by atoms with Crippen molar-refractivity contribution in [1.29, 1.82) is 0 Å². The monoisotopic (exact) mass is 388 g/mol. The summed E-state index contributed by atoms with van der Waals surface area (Å²) in [6.45, 7) is -0.216. The lowest BCUT2D eigenvalue weighted by Crippen LogP contribution is -2.29. The second-order valence-corrected chi connectivity index (χ2v) is 6.74. The van der Waals surface area contributed by atoms with Crippen LogP contribution in [0.3, 0.4) is 0 Å². The molecular formula is C14H11BrF2N2O2S. The Balaban J connectivity index is 1.93. The van der Waals surface area contributed by atoms with Crippen LogP contribution >= 0.6 is 27.3 Å². The summed E-state index contributed by atoms with van der Waals surface area (Å²) in [7, 11) is 0. The molecule has 1 saturated heterocycles. The van der Waals surface area contributed by atoms with Gasteiger partial charge < -0.3 is 0 Å². The molecule has 1 aliphatic rings. The van der Waals surface area contributed by atoms with Crippen molar-refractivity contribution in [3.8, 4) is 0 Å². The molecule has 1 fully saturated rings. The van der Waals surface area contributed by atoms with E-state index in [4.69, 9.17) is 0 Å². The molecule has 1 unspecified atom stereocenters. The van der Waals surface area contributed by atoms with Gasteiger partial charge >= 0.3 is 0 Å². The zero-order valence-corrected chi connectivity index (χ0v) is 13.6. The van der Waals surface area contributed by atoms with Crippen molar-refractivity contribution < 1.29 is 18.8 Å². The highest BCUT2D eigenvalue weighted by atomic mass is 79.9. The predicted molar refractivity (Wildman–Crippen MR) is 80.2 cm³/mol. The van der Waals surface area contributed by atoms with Gasteiger partial charge in [0, 0.05) is 26.8 Å². The average molecular weight is 389 g/mol. The Kier molecular flexibility index (Phi) is 4.26. The minimum atomic E-state index is -0.747. The third-order valence-corrected chi connectivity index (χ3v) is 5.17. The van der Waals surface area contributed by atoms with Gasteiger partial charge in [0.1, 0.15) is 17.8 Å². The number of nitrogens with zero attached hydrogens (tertiary/aromatic N) is 2. The van der Waals surface area contributed by atoms with E-state index < -0.39 is 23.7 Å². The summed E-state index contributed by atoms with van der Waals surface area (Å²) >= 11 is 4.66. The number of hydroxylamine groups is 2. The van der Waals surface area contributed by atoms with Crippen LogP contribution in [0, 0.1) is 11.6 Å². The van der Waals surface area contributed by atoms with Crippen molar-refractivity contribution >= 4 is 33.2 Å². The van der Waals surface area contributed by atoms with Gasteiger partial charge in [-0.15, -0.1) is 11.3 Å². The molecule has 0 spiro atoms. The largest absolute Gasteiger partial charge is 0.284 e. The van der Waals surface area contributed by atoms with Crippen molar-refractivity contribution in [1.82, 2.24) is 9.96 Å². The second kappa shape index (κ2) is 6.04. The highest BCUT2D eigenvalue weighted by Crippen LogP contribution is 2.36. The number of amides is 1. The molecule has 8 heteroatoms. The third kappa shape index (κ3) is 2.79. The van der Waals surface area contributed by atoms with Gasteiger partial charge in [0.15, 0.2) is 0 Å². The van der Waals surface area contributed by atoms with Gasteiger partial charge in [-0.3, -0.25) is 14.9 Å². The number of hydrogen-bond donors (Lipinski definition) is 1. The van der Waals surface area contributed by atoms with E-state index in [9.17, 15) is 18.8 Å². The van der Waals surface area contributed by atoms with E-state index >= 15 is 0 Å². The molecule has 1 atom stereocenters. The molecule has 4 nitrogen and oxygen atoms in total. The number of rotatable bonds is 3. The van der Waals surface area contributed by atoms with E-state index in [2.05, 4.69) is 15.9 Å². The number of thiophene rings is 1. The molecule has 1 aromatic heterocycles. The van der Waals surface area contributed by atoms with E-state index in [-0.39, 0.29) is 18.7 Å². The lowest BCUT2D eigenvalue weighted by atomic mass is 10.1. The zero-order valence-electron chi connectivity index (χ0n) is 11.2. The fourth-order valence-electron chi connectivity index (χ4n) is 2.42. The molecule has 2 aromatic rings. The van der Waals surface area contributed by atoms with Gasteiger partial charge in [-0.25, -0.2) is 8.78 Å². The van der Waals surface area contributed by atoms with Crippen LogP contribution in [0.4, 0.5) is 8.78 Å². The highest BCUT2D eigenvalue weighted by Gasteiger charge is 2.39. The Bertz CT molecular complexity index is 704. The van der Waals surface area contributed by atoms with Crippen LogP contribution in [0.15, 0.2) is 34.1 Å². The normalized spacial score (nSPS) is 19.2. The Morgan fingerprint density at radius 1 is 1.36 bits per heavy atom. The van der Waals surface area contributed by atoms with Crippen LogP contribution in [0.1, 0.15) is 16.6 Å². The minimum absolute atomic E-state index is 0.107. The first-order valence-electron chi connectivity index (χ1n) is 6.39. The van der Waals surface area contributed by atoms with Crippen molar-refractivity contribution in [2.45, 2.75) is 12.7 Å². The van der Waals surface area contributed by atoms with E-state index in [1.165, 1.54) is 34.4 Å². The topological polar surface area (TPSA) is 43.8 Å². The number of benzene rings is 1. The van der Waals surface area contributed by atoms with Crippen molar-refractivity contribution in [2.75, 3.05) is 6.54 Å². The zero-order chi connectivity index (χ0) is 15.9. The SMILES string of the molecule is O=C1CN(Cc2c(F)cccc2F)C(c2cc(Br)cs2)N1O. The lowest BCUT2D eigenvalue weighted by Gasteiger charge is -2.25. The molecule has 1 aromatic carbocycles. The van der Waals surface area contributed by atoms with Gasteiger partial charge in [-0.2, -0.15) is 5.06 Å². The number of carbonyl (C=O) groups is 1. The van der Waals surface area contributed by atoms with Crippen LogP contribution in [0.25, 0.3) is 0 Å². The summed E-state index contributed by atoms with van der Waals surface area (Å²) in [5.41, 5.74) is -0.119. The number of halogens is 3. The number of hydrogen-bond acceptors (Lipinski definition) is 4. The minimum Gasteiger partial charge on any atom is -0.284 e. The fourth-order valence-corrected chi connectivity index (χ4v) is 3.98. The van der Waals surface area contributed by atoms with Crippen molar-refractivity contribution in [3.63, 3.8) is 0 Å². The van der Waals surface area contributed by atoms with Crippen LogP contribution < -0.4 is 0 Å². The molecule has 1 aliphatic heterocycles. The molecule has 1 N–H and O–H groups in total. The van der Waals surface area contributed by atoms with Crippen molar-refractivity contribution in [3.05, 3.63) is 56.2 Å². The first-order valence-corrected chi connectivity index (χ1v) is 8.06. The average Bonchev–Trinajstić information content (AvgIpc) is 2.99. The summed E-state index contributed by atoms with van der Waals surface area (Å²) in [6, 6.07) is 5.39. The van der Waals surface area contributed by atoms with Crippen molar-refractivity contribution in [2.24, 2.45) is 0 Å². The molecule has 0 aliphatic carbocycles. The third-order valence-electron chi connectivity index (χ3n) is 3.44. The quantitative estimate of drug-likeness (QED) is 0.818. The molecule has 0 radical (unpaired) electrons. The van der Waals surface area contributed by atoms with Gasteiger partial charge in [-0.05, 0) is 34.1 Å². The summed E-state index contributed by atoms with van der Waals surface area (Å²) in [5, 5.41) is 12.4. The van der Waals surface area contributed by atoms with Crippen LogP contribution in [0.5, 0.6) is 0 Å². The molecule has 2 heterocycles. The molecule has 1 amide bonds. The van der Waals surface area contributed by atoms with E-state index in [1.807, 2.05) is 5.38 Å². The summed E-state index contributed by atoms with van der Waals surface area (Å²) in [4.78, 5) is 14.0. The van der Waals surface area contributed by atoms with Crippen LogP contribution in [0.2, 0.25) is 0 Å². The Hall–Kier alpha value is -1.35. The van der Waals surface area contributed by atoms with E-state index in [0.29, 0.717) is 9.94 Å². The highest BCUT2D eigenvalue weighted by molar-refractivity contribution is 9.10. The first kappa shape index (κ1) is 15.5. The van der Waals surface area contributed by atoms with Gasteiger partial charge in [0.05, 0.1) is 6.54 Å².